The van der Waals surface area contributed by atoms with Crippen molar-refractivity contribution in [3.8, 4) is 17.1 Å². The minimum atomic E-state index is -0.596. The van der Waals surface area contributed by atoms with Crippen LogP contribution in [0.25, 0.3) is 17.0 Å². The predicted octanol–water partition coefficient (Wildman–Crippen LogP) is 11.7. The van der Waals surface area contributed by atoms with Gasteiger partial charge in [-0.25, -0.2) is 4.98 Å². The van der Waals surface area contributed by atoms with Crippen LogP contribution in [0.1, 0.15) is 147 Å². The molecule has 8 heteroatoms. The van der Waals surface area contributed by atoms with Crippen molar-refractivity contribution < 1.29 is 9.53 Å². The Morgan fingerprint density at radius 1 is 0.898 bits per heavy atom. The molecule has 4 rings (SSSR count). The molecule has 2 N–H and O–H groups in total. The molecule has 0 saturated carbocycles. The van der Waals surface area contributed by atoms with Crippen molar-refractivity contribution >= 4 is 28.8 Å². The topological polar surface area (TPSA) is 84.3 Å². The standard InChI is InChI=1S/C41H60ClN5O2/c1-8-10-11-12-13-14-15-16-17-18-19-20-21-23-31-24-22-25-33(28-31)49-34(9-2)40(48)43-32-26-29(3)35(30(4)27-32)38-44-39-36(42)37(41(5,6)7)45-47(39)46-38/h22,24-28,34,45H,8-21,23H2,1-7H3,(H,43,48). The average molecular weight is 690 g/mol. The SMILES string of the molecule is CCCCCCCCCCCCCCCc1cccc(OC(CC)C(=O)Nc2cc(C)c(-c3nc4c(Cl)c(C(C)(C)C)[nH]n4n3)c(C)c2)c1. The Hall–Kier alpha value is -3.32. The first-order valence-electron chi connectivity index (χ1n) is 18.8. The van der Waals surface area contributed by atoms with E-state index in [9.17, 15) is 4.79 Å². The maximum absolute atomic E-state index is 13.4. The summed E-state index contributed by atoms with van der Waals surface area (Å²) in [5.41, 5.74) is 6.19. The van der Waals surface area contributed by atoms with Crippen LogP contribution >= 0.6 is 11.6 Å². The number of hydrogen-bond donors (Lipinski definition) is 2. The Kier molecular flexibility index (Phi) is 14.6. The number of aromatic amines is 1. The van der Waals surface area contributed by atoms with Gasteiger partial charge in [-0.05, 0) is 74.1 Å². The van der Waals surface area contributed by atoms with Gasteiger partial charge >= 0.3 is 0 Å². The lowest BCUT2D eigenvalue weighted by molar-refractivity contribution is -0.122. The molecule has 0 aliphatic rings. The number of anilines is 1. The Morgan fingerprint density at radius 3 is 2.04 bits per heavy atom. The highest BCUT2D eigenvalue weighted by Gasteiger charge is 2.25. The summed E-state index contributed by atoms with van der Waals surface area (Å²) in [6.07, 6.45) is 18.6. The van der Waals surface area contributed by atoms with Gasteiger partial charge in [0.1, 0.15) is 10.8 Å². The highest BCUT2D eigenvalue weighted by molar-refractivity contribution is 6.34. The fraction of sp³-hybridized carbons (Fsp3) is 0.585. The molecule has 0 aliphatic carbocycles. The zero-order chi connectivity index (χ0) is 35.4. The lowest BCUT2D eigenvalue weighted by Crippen LogP contribution is -2.32. The third-order valence-electron chi connectivity index (χ3n) is 9.42. The molecule has 1 atom stereocenters. The minimum absolute atomic E-state index is 0.153. The van der Waals surface area contributed by atoms with Crippen LogP contribution in [-0.2, 0) is 16.6 Å². The zero-order valence-electron chi connectivity index (χ0n) is 31.2. The van der Waals surface area contributed by atoms with Gasteiger partial charge in [0.15, 0.2) is 17.6 Å². The quantitative estimate of drug-likeness (QED) is 0.0904. The van der Waals surface area contributed by atoms with Crippen LogP contribution in [-0.4, -0.2) is 31.8 Å². The summed E-state index contributed by atoms with van der Waals surface area (Å²) in [5, 5.41) is 11.6. The number of nitrogens with zero attached hydrogens (tertiary/aromatic N) is 3. The van der Waals surface area contributed by atoms with E-state index in [1.807, 2.05) is 45.0 Å². The van der Waals surface area contributed by atoms with Crippen LogP contribution < -0.4 is 10.1 Å². The number of ether oxygens (including phenoxy) is 1. The van der Waals surface area contributed by atoms with Crippen molar-refractivity contribution in [2.75, 3.05) is 5.32 Å². The number of hydrogen-bond acceptors (Lipinski definition) is 4. The molecule has 1 unspecified atom stereocenters. The van der Waals surface area contributed by atoms with Crippen LogP contribution in [0.4, 0.5) is 5.69 Å². The Bertz CT molecular complexity index is 1610. The third kappa shape index (κ3) is 11.1. The predicted molar refractivity (Wildman–Crippen MR) is 205 cm³/mol. The number of nitrogens with one attached hydrogen (secondary N) is 2. The molecule has 0 fully saturated rings. The molecule has 2 heterocycles. The molecule has 7 nitrogen and oxygen atoms in total. The number of aromatic nitrogens is 4. The average Bonchev–Trinajstić information content (AvgIpc) is 3.60. The first-order valence-corrected chi connectivity index (χ1v) is 19.2. The molecule has 0 aliphatic heterocycles. The van der Waals surface area contributed by atoms with Crippen molar-refractivity contribution in [1.82, 2.24) is 19.8 Å². The normalized spacial score (nSPS) is 12.5. The number of carbonyl (C=O) groups is 1. The molecule has 1 amide bonds. The van der Waals surface area contributed by atoms with Gasteiger partial charge in [-0.2, -0.15) is 4.63 Å². The van der Waals surface area contributed by atoms with E-state index in [4.69, 9.17) is 26.4 Å². The molecule has 0 saturated heterocycles. The second-order valence-electron chi connectivity index (χ2n) is 14.9. The van der Waals surface area contributed by atoms with E-state index in [-0.39, 0.29) is 11.3 Å². The molecule has 2 aromatic heterocycles. The van der Waals surface area contributed by atoms with Crippen LogP contribution in [0.2, 0.25) is 5.02 Å². The van der Waals surface area contributed by atoms with Gasteiger partial charge in [0.2, 0.25) is 0 Å². The van der Waals surface area contributed by atoms with Crippen LogP contribution in [0, 0.1) is 13.8 Å². The molecule has 49 heavy (non-hydrogen) atoms. The van der Waals surface area contributed by atoms with E-state index in [1.54, 1.807) is 4.63 Å². The fourth-order valence-electron chi connectivity index (χ4n) is 6.62. The number of aryl methyl sites for hydroxylation is 3. The Morgan fingerprint density at radius 2 is 1.49 bits per heavy atom. The summed E-state index contributed by atoms with van der Waals surface area (Å²) in [6.45, 7) is 14.6. The van der Waals surface area contributed by atoms with Crippen molar-refractivity contribution in [2.45, 2.75) is 156 Å². The van der Waals surface area contributed by atoms with Crippen molar-refractivity contribution in [2.24, 2.45) is 0 Å². The van der Waals surface area contributed by atoms with Gasteiger partial charge in [0.25, 0.3) is 5.91 Å². The summed E-state index contributed by atoms with van der Waals surface area (Å²) < 4.78 is 7.87. The van der Waals surface area contributed by atoms with Gasteiger partial charge in [-0.15, -0.1) is 5.10 Å². The van der Waals surface area contributed by atoms with E-state index in [2.05, 4.69) is 50.2 Å². The monoisotopic (exact) mass is 689 g/mol. The molecule has 0 bridgehead atoms. The lowest BCUT2D eigenvalue weighted by Gasteiger charge is -2.19. The number of unbranched alkanes of at least 4 members (excludes halogenated alkanes) is 12. The van der Waals surface area contributed by atoms with E-state index in [0.29, 0.717) is 22.9 Å². The summed E-state index contributed by atoms with van der Waals surface area (Å²) >= 11 is 6.67. The number of H-pyrrole nitrogens is 1. The lowest BCUT2D eigenvalue weighted by atomic mass is 9.92. The zero-order valence-corrected chi connectivity index (χ0v) is 31.9. The number of amides is 1. The molecule has 2 aromatic carbocycles. The van der Waals surface area contributed by atoms with E-state index < -0.39 is 6.10 Å². The molecular weight excluding hydrogens is 630 g/mol. The second kappa shape index (κ2) is 18.6. The number of fused-ring (bicyclic) bond motifs is 1. The smallest absolute Gasteiger partial charge is 0.265 e. The number of benzene rings is 2. The largest absolute Gasteiger partial charge is 0.481 e. The van der Waals surface area contributed by atoms with E-state index >= 15 is 0 Å². The van der Waals surface area contributed by atoms with Gasteiger partial charge < -0.3 is 10.1 Å². The van der Waals surface area contributed by atoms with E-state index in [0.717, 1.165) is 40.2 Å². The van der Waals surface area contributed by atoms with Crippen molar-refractivity contribution in [3.63, 3.8) is 0 Å². The number of carbonyl (C=O) groups excluding carboxylic acids is 1. The van der Waals surface area contributed by atoms with Crippen molar-refractivity contribution in [1.29, 1.82) is 0 Å². The highest BCUT2D eigenvalue weighted by atomic mass is 35.5. The van der Waals surface area contributed by atoms with Gasteiger partial charge in [-0.1, -0.05) is 135 Å². The summed E-state index contributed by atoms with van der Waals surface area (Å²) in [6, 6.07) is 12.2. The van der Waals surface area contributed by atoms with E-state index in [1.165, 1.54) is 89.0 Å². The number of halogens is 1. The molecule has 0 radical (unpaired) electrons. The van der Waals surface area contributed by atoms with Gasteiger partial charge in [-0.3, -0.25) is 9.89 Å². The first-order chi connectivity index (χ1) is 23.5. The maximum atomic E-state index is 13.4. The van der Waals surface area contributed by atoms with Crippen LogP contribution in [0.15, 0.2) is 36.4 Å². The summed E-state index contributed by atoms with van der Waals surface area (Å²) in [5.74, 6) is 1.17. The van der Waals surface area contributed by atoms with Crippen LogP contribution in [0.3, 0.4) is 0 Å². The fourth-order valence-corrected chi connectivity index (χ4v) is 7.07. The first kappa shape index (κ1) is 38.5. The maximum Gasteiger partial charge on any atom is 0.265 e. The third-order valence-corrected chi connectivity index (χ3v) is 9.78. The Labute approximate surface area is 300 Å². The summed E-state index contributed by atoms with van der Waals surface area (Å²) in [7, 11) is 0. The van der Waals surface area contributed by atoms with Gasteiger partial charge in [0, 0.05) is 16.7 Å². The molecular formula is C41H60ClN5O2. The Balaban J connectivity index is 1.24. The summed E-state index contributed by atoms with van der Waals surface area (Å²) in [4.78, 5) is 18.1. The van der Waals surface area contributed by atoms with Crippen molar-refractivity contribution in [3.05, 3.63) is 63.8 Å². The van der Waals surface area contributed by atoms with Gasteiger partial charge in [0.05, 0.1) is 5.69 Å². The van der Waals surface area contributed by atoms with Crippen LogP contribution in [0.5, 0.6) is 5.75 Å². The highest BCUT2D eigenvalue weighted by Crippen LogP contribution is 2.34. The number of rotatable bonds is 20. The molecule has 4 aromatic rings. The molecule has 0 spiro atoms. The molecule has 268 valence electrons. The minimum Gasteiger partial charge on any atom is -0.481 e. The second-order valence-corrected chi connectivity index (χ2v) is 15.2.